The Hall–Kier alpha value is -2.14. The molecular formula is C22H32N4O. The largest absolute Gasteiger partial charge is 0.350 e. The first-order chi connectivity index (χ1) is 13.0. The number of nitrogens with zero attached hydrogens (tertiary/aromatic N) is 3. The maximum Gasteiger partial charge on any atom is 0.254 e. The van der Waals surface area contributed by atoms with Crippen LogP contribution in [0, 0.1) is 12.8 Å². The Labute approximate surface area is 162 Å². The molecule has 1 aromatic heterocycles. The Morgan fingerprint density at radius 2 is 1.89 bits per heavy atom. The number of likely N-dealkylation sites (tertiary alicyclic amines) is 1. The first-order valence-electron chi connectivity index (χ1n) is 10.1. The Balaban J connectivity index is 1.72. The lowest BCUT2D eigenvalue weighted by atomic mass is 9.95. The molecule has 0 aliphatic carbocycles. The van der Waals surface area contributed by atoms with Crippen molar-refractivity contribution >= 4 is 5.91 Å². The number of piperidine rings is 1. The Kier molecular flexibility index (Phi) is 6.32. The number of carbonyl (C=O) groups excluding carboxylic acids is 1. The van der Waals surface area contributed by atoms with Crippen LogP contribution in [0.3, 0.4) is 0 Å². The zero-order chi connectivity index (χ0) is 19.4. The molecule has 1 N–H and O–H groups in total. The fraction of sp³-hybridized carbons (Fsp3) is 0.545. The Morgan fingerprint density at radius 1 is 1.22 bits per heavy atom. The lowest BCUT2D eigenvalue weighted by molar-refractivity contribution is 0.0912. The van der Waals surface area contributed by atoms with Crippen LogP contribution in [0.1, 0.15) is 67.3 Å². The van der Waals surface area contributed by atoms with Crippen LogP contribution in [-0.2, 0) is 0 Å². The molecule has 0 radical (unpaired) electrons. The van der Waals surface area contributed by atoms with Crippen LogP contribution in [0.15, 0.2) is 36.5 Å². The monoisotopic (exact) mass is 368 g/mol. The first-order valence-corrected chi connectivity index (χ1v) is 10.1. The van der Waals surface area contributed by atoms with Gasteiger partial charge in [0.2, 0.25) is 0 Å². The lowest BCUT2D eigenvalue weighted by Gasteiger charge is -2.37. The van der Waals surface area contributed by atoms with Gasteiger partial charge in [-0.05, 0) is 58.2 Å². The summed E-state index contributed by atoms with van der Waals surface area (Å²) in [7, 11) is 0. The van der Waals surface area contributed by atoms with E-state index in [2.05, 4.69) is 60.4 Å². The molecule has 5 heteroatoms. The molecule has 27 heavy (non-hydrogen) atoms. The molecule has 1 saturated heterocycles. The highest BCUT2D eigenvalue weighted by molar-refractivity contribution is 5.95. The van der Waals surface area contributed by atoms with Crippen molar-refractivity contribution in [3.05, 3.63) is 53.3 Å². The van der Waals surface area contributed by atoms with Gasteiger partial charge in [-0.3, -0.25) is 14.4 Å². The molecule has 146 valence electrons. The summed E-state index contributed by atoms with van der Waals surface area (Å²) in [4.78, 5) is 15.3. The van der Waals surface area contributed by atoms with Crippen LogP contribution >= 0.6 is 0 Å². The molecule has 0 spiro atoms. The Morgan fingerprint density at radius 3 is 2.48 bits per heavy atom. The molecule has 5 nitrogen and oxygen atoms in total. The molecule has 1 aromatic carbocycles. The summed E-state index contributed by atoms with van der Waals surface area (Å²) in [5, 5.41) is 7.53. The molecule has 0 bridgehead atoms. The number of aromatic nitrogens is 2. The highest BCUT2D eigenvalue weighted by atomic mass is 16.1. The molecule has 1 unspecified atom stereocenters. The zero-order valence-corrected chi connectivity index (χ0v) is 17.0. The first kappa shape index (κ1) is 19.6. The van der Waals surface area contributed by atoms with Crippen molar-refractivity contribution in [1.82, 2.24) is 20.0 Å². The lowest BCUT2D eigenvalue weighted by Crippen LogP contribution is -2.42. The van der Waals surface area contributed by atoms with E-state index in [0.717, 1.165) is 24.7 Å². The summed E-state index contributed by atoms with van der Waals surface area (Å²) in [6.45, 7) is 11.2. The normalized spacial score (nSPS) is 17.2. The fourth-order valence-corrected chi connectivity index (χ4v) is 3.92. The van der Waals surface area contributed by atoms with Gasteiger partial charge in [-0.15, -0.1) is 0 Å². The second-order valence-corrected chi connectivity index (χ2v) is 8.04. The number of hydrogen-bond acceptors (Lipinski definition) is 3. The molecule has 2 heterocycles. The van der Waals surface area contributed by atoms with E-state index in [1.54, 1.807) is 6.20 Å². The minimum atomic E-state index is -0.0364. The fourth-order valence-electron chi connectivity index (χ4n) is 3.92. The second kappa shape index (κ2) is 8.70. The van der Waals surface area contributed by atoms with Crippen molar-refractivity contribution in [3.8, 4) is 0 Å². The minimum Gasteiger partial charge on any atom is -0.350 e. The van der Waals surface area contributed by atoms with Crippen molar-refractivity contribution in [2.75, 3.05) is 19.6 Å². The maximum absolute atomic E-state index is 12.8. The molecule has 1 atom stereocenters. The van der Waals surface area contributed by atoms with Crippen LogP contribution < -0.4 is 5.32 Å². The van der Waals surface area contributed by atoms with Gasteiger partial charge in [-0.2, -0.15) is 5.10 Å². The highest BCUT2D eigenvalue weighted by Crippen LogP contribution is 2.26. The molecule has 1 aliphatic heterocycles. The van der Waals surface area contributed by atoms with Gasteiger partial charge in [-0.1, -0.05) is 37.3 Å². The molecule has 3 rings (SSSR count). The number of rotatable bonds is 6. The van der Waals surface area contributed by atoms with Crippen LogP contribution in [0.5, 0.6) is 0 Å². The number of carbonyl (C=O) groups is 1. The van der Waals surface area contributed by atoms with Crippen LogP contribution in [0.25, 0.3) is 0 Å². The molecular weight excluding hydrogens is 336 g/mol. The van der Waals surface area contributed by atoms with E-state index in [9.17, 15) is 4.79 Å². The van der Waals surface area contributed by atoms with E-state index in [4.69, 9.17) is 0 Å². The summed E-state index contributed by atoms with van der Waals surface area (Å²) in [5.74, 6) is 0.752. The number of benzene rings is 1. The van der Waals surface area contributed by atoms with Crippen LogP contribution in [0.4, 0.5) is 0 Å². The van der Waals surface area contributed by atoms with Crippen molar-refractivity contribution in [1.29, 1.82) is 0 Å². The summed E-state index contributed by atoms with van der Waals surface area (Å²) >= 11 is 0. The third kappa shape index (κ3) is 4.59. The third-order valence-corrected chi connectivity index (χ3v) is 5.68. The van der Waals surface area contributed by atoms with Gasteiger partial charge < -0.3 is 5.32 Å². The standard InChI is InChI=1S/C22H32N4O/c1-16(2)26-18(4)20(14-24-26)22(27)23-15-21(19-8-6-5-7-9-19)25-12-10-17(3)11-13-25/h5-9,14,16-17,21H,10-13,15H2,1-4H3,(H,23,27). The van der Waals surface area contributed by atoms with Gasteiger partial charge in [0.05, 0.1) is 17.8 Å². The summed E-state index contributed by atoms with van der Waals surface area (Å²) in [6, 6.07) is 11.0. The van der Waals surface area contributed by atoms with E-state index < -0.39 is 0 Å². The molecule has 1 fully saturated rings. The average Bonchev–Trinajstić information content (AvgIpc) is 3.06. The van der Waals surface area contributed by atoms with Gasteiger partial charge in [0.25, 0.3) is 5.91 Å². The minimum absolute atomic E-state index is 0.0364. The SMILES string of the molecule is Cc1c(C(=O)NCC(c2ccccc2)N2CCC(C)CC2)cnn1C(C)C. The molecule has 2 aromatic rings. The number of hydrogen-bond donors (Lipinski definition) is 1. The van der Waals surface area contributed by atoms with Gasteiger partial charge >= 0.3 is 0 Å². The Bertz CT molecular complexity index is 745. The van der Waals surface area contributed by atoms with Gasteiger partial charge in [0.1, 0.15) is 0 Å². The number of nitrogens with one attached hydrogen (secondary N) is 1. The van der Waals surface area contributed by atoms with Crippen molar-refractivity contribution < 1.29 is 4.79 Å². The predicted octanol–water partition coefficient (Wildman–Crippen LogP) is 3.98. The van der Waals surface area contributed by atoms with E-state index in [0.29, 0.717) is 12.1 Å². The predicted molar refractivity (Wildman–Crippen MR) is 109 cm³/mol. The average molecular weight is 369 g/mol. The smallest absolute Gasteiger partial charge is 0.254 e. The van der Waals surface area contributed by atoms with E-state index >= 15 is 0 Å². The summed E-state index contributed by atoms with van der Waals surface area (Å²) < 4.78 is 1.90. The van der Waals surface area contributed by atoms with Crippen molar-refractivity contribution in [3.63, 3.8) is 0 Å². The highest BCUT2D eigenvalue weighted by Gasteiger charge is 2.25. The van der Waals surface area contributed by atoms with Gasteiger partial charge in [0, 0.05) is 18.3 Å². The quantitative estimate of drug-likeness (QED) is 0.839. The van der Waals surface area contributed by atoms with Gasteiger partial charge in [-0.25, -0.2) is 0 Å². The van der Waals surface area contributed by atoms with E-state index in [1.807, 2.05) is 17.7 Å². The summed E-state index contributed by atoms with van der Waals surface area (Å²) in [6.07, 6.45) is 4.12. The van der Waals surface area contributed by atoms with Gasteiger partial charge in [0.15, 0.2) is 0 Å². The van der Waals surface area contributed by atoms with Crippen molar-refractivity contribution in [2.24, 2.45) is 5.92 Å². The van der Waals surface area contributed by atoms with Crippen LogP contribution in [-0.4, -0.2) is 40.2 Å². The van der Waals surface area contributed by atoms with Crippen LogP contribution in [0.2, 0.25) is 0 Å². The maximum atomic E-state index is 12.8. The zero-order valence-electron chi connectivity index (χ0n) is 17.0. The third-order valence-electron chi connectivity index (χ3n) is 5.68. The summed E-state index contributed by atoms with van der Waals surface area (Å²) in [5.41, 5.74) is 2.86. The molecule has 1 aliphatic rings. The van der Waals surface area contributed by atoms with E-state index in [1.165, 1.54) is 18.4 Å². The molecule has 1 amide bonds. The number of amides is 1. The topological polar surface area (TPSA) is 50.2 Å². The second-order valence-electron chi connectivity index (χ2n) is 8.04. The molecule has 0 saturated carbocycles. The van der Waals surface area contributed by atoms with E-state index in [-0.39, 0.29) is 18.0 Å². The van der Waals surface area contributed by atoms with Crippen molar-refractivity contribution in [2.45, 2.75) is 52.6 Å².